The van der Waals surface area contributed by atoms with Crippen LogP contribution in [0.15, 0.2) is 89.8 Å². The van der Waals surface area contributed by atoms with Gasteiger partial charge in [-0.05, 0) is 66.7 Å². The number of phenolic OH excluding ortho intramolecular Hbond substituents is 1. The molecule has 0 saturated heterocycles. The first-order valence-corrected chi connectivity index (χ1v) is 12.9. The first kappa shape index (κ1) is 26.7. The summed E-state index contributed by atoms with van der Waals surface area (Å²) in [4.78, 5) is 23.4. The summed E-state index contributed by atoms with van der Waals surface area (Å²) in [5.74, 6) is -0.496. The molecular weight excluding hydrogens is 557 g/mol. The topological polar surface area (TPSA) is 148 Å². The number of anilines is 2. The van der Waals surface area contributed by atoms with Gasteiger partial charge in [0.1, 0.15) is 22.9 Å². The van der Waals surface area contributed by atoms with Crippen molar-refractivity contribution in [2.45, 2.75) is 4.90 Å². The third kappa shape index (κ3) is 6.14. The lowest BCUT2D eigenvalue weighted by atomic mass is 10.1. The van der Waals surface area contributed by atoms with Crippen LogP contribution in [0.3, 0.4) is 0 Å². The summed E-state index contributed by atoms with van der Waals surface area (Å²) in [6.45, 7) is 0. The highest BCUT2D eigenvalue weighted by Crippen LogP contribution is 2.32. The summed E-state index contributed by atoms with van der Waals surface area (Å²) >= 11 is 12.1. The van der Waals surface area contributed by atoms with Crippen LogP contribution in [0, 0.1) is 10.1 Å². The predicted molar refractivity (Wildman–Crippen MR) is 143 cm³/mol. The Morgan fingerprint density at radius 3 is 2.29 bits per heavy atom. The van der Waals surface area contributed by atoms with Gasteiger partial charge in [-0.25, -0.2) is 8.42 Å². The molecule has 38 heavy (non-hydrogen) atoms. The van der Waals surface area contributed by atoms with E-state index in [2.05, 4.69) is 10.0 Å². The molecule has 0 aliphatic rings. The van der Waals surface area contributed by atoms with E-state index in [0.717, 1.165) is 18.2 Å². The van der Waals surface area contributed by atoms with Gasteiger partial charge in [-0.2, -0.15) is 0 Å². The molecule has 0 bridgehead atoms. The Morgan fingerprint density at radius 1 is 0.921 bits per heavy atom. The Hall–Kier alpha value is -4.32. The minimum atomic E-state index is -4.18. The SMILES string of the molecule is O=C(Nc1ccc(O)cc1[N+](=O)[O-])c1cc(Cl)ccc1NS(=O)(=O)c1ccc(Oc2ccccc2Cl)cc1. The molecule has 0 aromatic heterocycles. The van der Waals surface area contributed by atoms with Crippen molar-refractivity contribution in [3.63, 3.8) is 0 Å². The number of hydrogen-bond donors (Lipinski definition) is 3. The van der Waals surface area contributed by atoms with Gasteiger partial charge in [0.05, 0.1) is 32.2 Å². The van der Waals surface area contributed by atoms with E-state index in [4.69, 9.17) is 27.9 Å². The summed E-state index contributed by atoms with van der Waals surface area (Å²) in [5.41, 5.74) is -1.07. The number of rotatable bonds is 8. The Labute approximate surface area is 226 Å². The lowest BCUT2D eigenvalue weighted by Crippen LogP contribution is -2.19. The number of nitrogens with one attached hydrogen (secondary N) is 2. The zero-order valence-corrected chi connectivity index (χ0v) is 21.4. The second-order valence-corrected chi connectivity index (χ2v) is 10.2. The van der Waals surface area contributed by atoms with E-state index in [1.165, 1.54) is 42.5 Å². The van der Waals surface area contributed by atoms with Crippen LogP contribution in [0.5, 0.6) is 17.2 Å². The number of carbonyl (C=O) groups excluding carboxylic acids is 1. The number of halogens is 2. The Morgan fingerprint density at radius 2 is 1.61 bits per heavy atom. The van der Waals surface area contributed by atoms with Crippen molar-refractivity contribution in [1.82, 2.24) is 0 Å². The van der Waals surface area contributed by atoms with E-state index in [1.54, 1.807) is 24.3 Å². The fourth-order valence-electron chi connectivity index (χ4n) is 3.30. The van der Waals surface area contributed by atoms with Crippen molar-refractivity contribution in [2.75, 3.05) is 10.0 Å². The third-order valence-corrected chi connectivity index (χ3v) is 7.02. The average Bonchev–Trinajstić information content (AvgIpc) is 2.87. The molecule has 4 aromatic rings. The number of carbonyl (C=O) groups is 1. The number of nitrogens with zero attached hydrogens (tertiary/aromatic N) is 1. The Balaban J connectivity index is 1.58. The fraction of sp³-hybridized carbons (Fsp3) is 0. The maximum Gasteiger partial charge on any atom is 0.296 e. The highest BCUT2D eigenvalue weighted by molar-refractivity contribution is 7.92. The second kappa shape index (κ2) is 11.0. The van der Waals surface area contributed by atoms with Gasteiger partial charge < -0.3 is 15.2 Å². The molecule has 4 aromatic carbocycles. The largest absolute Gasteiger partial charge is 0.508 e. The first-order valence-electron chi connectivity index (χ1n) is 10.7. The number of nitro benzene ring substituents is 1. The molecule has 3 N–H and O–H groups in total. The number of ether oxygens (including phenoxy) is 1. The van der Waals surface area contributed by atoms with E-state index < -0.39 is 26.5 Å². The Kier molecular flexibility index (Phi) is 7.72. The molecule has 0 fully saturated rings. The van der Waals surface area contributed by atoms with E-state index in [-0.39, 0.29) is 32.6 Å². The highest BCUT2D eigenvalue weighted by atomic mass is 35.5. The summed E-state index contributed by atoms with van der Waals surface area (Å²) in [5, 5.41) is 23.7. The standard InChI is InChI=1S/C25H17Cl2N3O7S/c26-15-5-11-21(19(13-15)25(32)28-22-12-6-16(31)14-23(22)30(33)34)29-38(35,36)18-9-7-17(8-10-18)37-24-4-2-1-3-20(24)27/h1-14,29,31H,(H,28,32). The lowest BCUT2D eigenvalue weighted by Gasteiger charge is -2.14. The molecular formula is C25H17Cl2N3O7S. The van der Waals surface area contributed by atoms with Gasteiger partial charge in [-0.1, -0.05) is 35.3 Å². The molecule has 1 amide bonds. The van der Waals surface area contributed by atoms with Crippen LogP contribution >= 0.6 is 23.2 Å². The van der Waals surface area contributed by atoms with Crippen molar-refractivity contribution in [2.24, 2.45) is 0 Å². The second-order valence-electron chi connectivity index (χ2n) is 7.71. The van der Waals surface area contributed by atoms with Crippen LogP contribution in [0.4, 0.5) is 17.1 Å². The van der Waals surface area contributed by atoms with E-state index >= 15 is 0 Å². The number of amides is 1. The molecule has 0 saturated carbocycles. The van der Waals surface area contributed by atoms with Crippen LogP contribution in [-0.4, -0.2) is 24.4 Å². The van der Waals surface area contributed by atoms with Crippen molar-refractivity contribution in [1.29, 1.82) is 0 Å². The third-order valence-electron chi connectivity index (χ3n) is 5.10. The average molecular weight is 574 g/mol. The van der Waals surface area contributed by atoms with Gasteiger partial charge >= 0.3 is 0 Å². The molecule has 0 aliphatic carbocycles. The first-order chi connectivity index (χ1) is 18.0. The van der Waals surface area contributed by atoms with Crippen molar-refractivity contribution in [3.8, 4) is 17.2 Å². The van der Waals surface area contributed by atoms with Crippen molar-refractivity contribution >= 4 is 56.2 Å². The highest BCUT2D eigenvalue weighted by Gasteiger charge is 2.22. The molecule has 10 nitrogen and oxygen atoms in total. The molecule has 0 heterocycles. The maximum absolute atomic E-state index is 13.1. The monoisotopic (exact) mass is 573 g/mol. The number of nitro groups is 1. The smallest absolute Gasteiger partial charge is 0.296 e. The molecule has 0 unspecified atom stereocenters. The molecule has 194 valence electrons. The fourth-order valence-corrected chi connectivity index (χ4v) is 4.73. The molecule has 0 atom stereocenters. The maximum atomic E-state index is 13.1. The predicted octanol–water partition coefficient (Wildman–Crippen LogP) is 6.45. The van der Waals surface area contributed by atoms with Crippen LogP contribution in [0.25, 0.3) is 0 Å². The Bertz CT molecular complexity index is 1650. The molecule has 0 aliphatic heterocycles. The number of aromatic hydroxyl groups is 1. The van der Waals surface area contributed by atoms with Gasteiger partial charge in [0.25, 0.3) is 21.6 Å². The number of para-hydroxylation sites is 1. The summed E-state index contributed by atoms with van der Waals surface area (Å²) in [6.07, 6.45) is 0. The van der Waals surface area contributed by atoms with E-state index in [1.807, 2.05) is 0 Å². The van der Waals surface area contributed by atoms with Gasteiger partial charge in [0.15, 0.2) is 0 Å². The summed E-state index contributed by atoms with van der Waals surface area (Å²) in [7, 11) is -4.18. The van der Waals surface area contributed by atoms with Gasteiger partial charge in [0, 0.05) is 5.02 Å². The van der Waals surface area contributed by atoms with Gasteiger partial charge in [-0.15, -0.1) is 0 Å². The van der Waals surface area contributed by atoms with Crippen LogP contribution in [-0.2, 0) is 10.0 Å². The number of sulfonamides is 1. The van der Waals surface area contributed by atoms with Gasteiger partial charge in [0.2, 0.25) is 0 Å². The number of benzene rings is 4. The molecule has 0 spiro atoms. The minimum Gasteiger partial charge on any atom is -0.508 e. The van der Waals surface area contributed by atoms with Crippen molar-refractivity contribution in [3.05, 3.63) is 111 Å². The summed E-state index contributed by atoms with van der Waals surface area (Å²) < 4.78 is 34.1. The van der Waals surface area contributed by atoms with Crippen LogP contribution in [0.2, 0.25) is 10.0 Å². The number of phenols is 1. The van der Waals surface area contributed by atoms with Crippen LogP contribution in [0.1, 0.15) is 10.4 Å². The normalized spacial score (nSPS) is 11.0. The molecule has 0 radical (unpaired) electrons. The minimum absolute atomic E-state index is 0.121. The lowest BCUT2D eigenvalue weighted by molar-refractivity contribution is -0.384. The quantitative estimate of drug-likeness (QED) is 0.124. The molecule has 13 heteroatoms. The zero-order chi connectivity index (χ0) is 27.4. The van der Waals surface area contributed by atoms with E-state index in [0.29, 0.717) is 16.5 Å². The number of hydrogen-bond acceptors (Lipinski definition) is 7. The van der Waals surface area contributed by atoms with E-state index in [9.17, 15) is 28.4 Å². The van der Waals surface area contributed by atoms with Crippen LogP contribution < -0.4 is 14.8 Å². The molecule has 4 rings (SSSR count). The zero-order valence-electron chi connectivity index (χ0n) is 19.1. The summed E-state index contributed by atoms with van der Waals surface area (Å²) in [6, 6.07) is 19.3. The van der Waals surface area contributed by atoms with Gasteiger partial charge in [-0.3, -0.25) is 19.6 Å². The van der Waals surface area contributed by atoms with Crippen molar-refractivity contribution < 1.29 is 28.0 Å².